The lowest BCUT2D eigenvalue weighted by atomic mass is 10.2. The maximum atomic E-state index is 11.9. The number of hydrogen-bond donors (Lipinski definition) is 0. The number of carbonyl (C=O) groups excluding carboxylic acids is 1. The standard InChI is InChI=1S/C13H19N2O2/c1-4-12(16)15-8-9-17-13-11(15)6-5-7-14(13)10(2)3/h5-7,10H,4,8-9H2,1-3H3/q+1. The van der Waals surface area contributed by atoms with Crippen LogP contribution in [0.25, 0.3) is 0 Å². The smallest absolute Gasteiger partial charge is 0.392 e. The molecule has 2 heterocycles. The van der Waals surface area contributed by atoms with Gasteiger partial charge in [0.2, 0.25) is 5.91 Å². The number of fused-ring (bicyclic) bond motifs is 1. The van der Waals surface area contributed by atoms with Crippen molar-refractivity contribution in [3.05, 3.63) is 18.3 Å². The molecule has 0 N–H and O–H groups in total. The van der Waals surface area contributed by atoms with E-state index in [0.29, 0.717) is 25.6 Å². The molecule has 0 fully saturated rings. The Kier molecular flexibility index (Phi) is 3.31. The second-order valence-electron chi connectivity index (χ2n) is 4.45. The first-order valence-electron chi connectivity index (χ1n) is 6.12. The molecule has 4 heteroatoms. The van der Waals surface area contributed by atoms with Gasteiger partial charge in [-0.2, -0.15) is 4.57 Å². The zero-order valence-corrected chi connectivity index (χ0v) is 10.6. The van der Waals surface area contributed by atoms with Gasteiger partial charge in [0.25, 0.3) is 0 Å². The molecule has 0 spiro atoms. The topological polar surface area (TPSA) is 33.4 Å². The maximum Gasteiger partial charge on any atom is 0.392 e. The van der Waals surface area contributed by atoms with E-state index in [0.717, 1.165) is 11.6 Å². The van der Waals surface area contributed by atoms with Crippen LogP contribution < -0.4 is 14.2 Å². The molecular weight excluding hydrogens is 216 g/mol. The predicted molar refractivity (Wildman–Crippen MR) is 65.2 cm³/mol. The molecule has 1 aliphatic rings. The van der Waals surface area contributed by atoms with Gasteiger partial charge < -0.3 is 9.64 Å². The van der Waals surface area contributed by atoms with E-state index < -0.39 is 0 Å². The lowest BCUT2D eigenvalue weighted by molar-refractivity contribution is -0.720. The van der Waals surface area contributed by atoms with E-state index in [9.17, 15) is 4.79 Å². The Balaban J connectivity index is 2.45. The average molecular weight is 235 g/mol. The molecule has 17 heavy (non-hydrogen) atoms. The predicted octanol–water partition coefficient (Wildman–Crippen LogP) is 1.69. The molecule has 4 nitrogen and oxygen atoms in total. The molecule has 0 aromatic carbocycles. The third-order valence-corrected chi connectivity index (χ3v) is 2.96. The van der Waals surface area contributed by atoms with Crippen LogP contribution in [0.1, 0.15) is 33.2 Å². The van der Waals surface area contributed by atoms with Crippen molar-refractivity contribution in [3.63, 3.8) is 0 Å². The number of ether oxygens (including phenoxy) is 1. The normalized spacial score (nSPS) is 14.5. The monoisotopic (exact) mass is 235 g/mol. The highest BCUT2D eigenvalue weighted by molar-refractivity contribution is 5.94. The summed E-state index contributed by atoms with van der Waals surface area (Å²) in [6, 6.07) is 4.23. The second-order valence-corrected chi connectivity index (χ2v) is 4.45. The molecule has 0 aliphatic carbocycles. The maximum absolute atomic E-state index is 11.9. The summed E-state index contributed by atoms with van der Waals surface area (Å²) in [4.78, 5) is 13.7. The van der Waals surface area contributed by atoms with Crippen LogP contribution in [-0.2, 0) is 4.79 Å². The van der Waals surface area contributed by atoms with Crippen LogP contribution in [0.15, 0.2) is 18.3 Å². The van der Waals surface area contributed by atoms with E-state index >= 15 is 0 Å². The molecule has 1 aromatic rings. The average Bonchev–Trinajstić information content (AvgIpc) is 2.36. The largest absolute Gasteiger partial charge is 0.441 e. The molecule has 0 atom stereocenters. The second kappa shape index (κ2) is 4.73. The van der Waals surface area contributed by atoms with Gasteiger partial charge >= 0.3 is 5.88 Å². The summed E-state index contributed by atoms with van der Waals surface area (Å²) in [6.45, 7) is 7.29. The summed E-state index contributed by atoms with van der Waals surface area (Å²) >= 11 is 0. The molecular formula is C13H19N2O2+. The minimum atomic E-state index is 0.149. The number of aromatic nitrogens is 1. The highest BCUT2D eigenvalue weighted by Crippen LogP contribution is 2.28. The van der Waals surface area contributed by atoms with Gasteiger partial charge in [-0.25, -0.2) is 0 Å². The van der Waals surface area contributed by atoms with Crippen LogP contribution >= 0.6 is 0 Å². The van der Waals surface area contributed by atoms with Gasteiger partial charge in [-0.1, -0.05) is 6.92 Å². The van der Waals surface area contributed by atoms with E-state index in [1.165, 1.54) is 0 Å². The lowest BCUT2D eigenvalue weighted by Gasteiger charge is -2.27. The van der Waals surface area contributed by atoms with Gasteiger partial charge in [0.05, 0.1) is 6.54 Å². The van der Waals surface area contributed by atoms with Crippen molar-refractivity contribution in [3.8, 4) is 5.88 Å². The summed E-state index contributed by atoms with van der Waals surface area (Å²) in [6.07, 6.45) is 2.51. The van der Waals surface area contributed by atoms with Crippen LogP contribution in [-0.4, -0.2) is 19.1 Å². The molecule has 0 bridgehead atoms. The van der Waals surface area contributed by atoms with Gasteiger partial charge in [0, 0.05) is 12.5 Å². The Morgan fingerprint density at radius 1 is 1.59 bits per heavy atom. The van der Waals surface area contributed by atoms with E-state index in [2.05, 4.69) is 18.4 Å². The molecule has 0 saturated heterocycles. The SMILES string of the molecule is CCC(=O)N1CCOc2c1ccc[n+]2C(C)C. The Hall–Kier alpha value is -1.58. The lowest BCUT2D eigenvalue weighted by Crippen LogP contribution is -2.45. The Morgan fingerprint density at radius 2 is 2.35 bits per heavy atom. The minimum Gasteiger partial charge on any atom is -0.441 e. The summed E-state index contributed by atoms with van der Waals surface area (Å²) in [5.41, 5.74) is 0.888. The van der Waals surface area contributed by atoms with Crippen molar-refractivity contribution in [2.45, 2.75) is 33.2 Å². The summed E-state index contributed by atoms with van der Waals surface area (Å²) in [7, 11) is 0. The van der Waals surface area contributed by atoms with E-state index in [-0.39, 0.29) is 5.91 Å². The van der Waals surface area contributed by atoms with Crippen LogP contribution in [0.4, 0.5) is 5.69 Å². The zero-order valence-electron chi connectivity index (χ0n) is 10.6. The number of anilines is 1. The quantitative estimate of drug-likeness (QED) is 0.731. The third-order valence-electron chi connectivity index (χ3n) is 2.96. The van der Waals surface area contributed by atoms with Crippen molar-refractivity contribution in [2.75, 3.05) is 18.1 Å². The number of rotatable bonds is 2. The van der Waals surface area contributed by atoms with Crippen molar-refractivity contribution in [1.29, 1.82) is 0 Å². The van der Waals surface area contributed by atoms with Crippen LogP contribution in [0.5, 0.6) is 5.88 Å². The van der Waals surface area contributed by atoms with Gasteiger partial charge in [0.1, 0.15) is 6.61 Å². The summed E-state index contributed by atoms with van der Waals surface area (Å²) in [5, 5.41) is 0. The number of carbonyl (C=O) groups is 1. The number of amides is 1. The van der Waals surface area contributed by atoms with Crippen molar-refractivity contribution >= 4 is 11.6 Å². The van der Waals surface area contributed by atoms with Crippen molar-refractivity contribution in [2.24, 2.45) is 0 Å². The van der Waals surface area contributed by atoms with Crippen molar-refractivity contribution in [1.82, 2.24) is 0 Å². The van der Waals surface area contributed by atoms with Gasteiger partial charge in [-0.3, -0.25) is 4.79 Å². The fraction of sp³-hybridized carbons (Fsp3) is 0.538. The number of pyridine rings is 1. The van der Waals surface area contributed by atoms with E-state index in [4.69, 9.17) is 4.74 Å². The minimum absolute atomic E-state index is 0.149. The van der Waals surface area contributed by atoms with E-state index in [1.54, 1.807) is 0 Å². The molecule has 1 aliphatic heterocycles. The molecule has 0 unspecified atom stereocenters. The van der Waals surface area contributed by atoms with Crippen LogP contribution in [0.2, 0.25) is 0 Å². The Labute approximate surface area is 102 Å². The first kappa shape index (κ1) is 11.9. The Bertz CT molecular complexity index is 429. The molecule has 0 saturated carbocycles. The molecule has 0 radical (unpaired) electrons. The van der Waals surface area contributed by atoms with Crippen LogP contribution in [0, 0.1) is 0 Å². The first-order valence-corrected chi connectivity index (χ1v) is 6.12. The van der Waals surface area contributed by atoms with E-state index in [1.807, 2.05) is 30.2 Å². The molecule has 2 rings (SSSR count). The van der Waals surface area contributed by atoms with Gasteiger partial charge in [0.15, 0.2) is 17.9 Å². The number of hydrogen-bond acceptors (Lipinski definition) is 2. The zero-order chi connectivity index (χ0) is 12.4. The van der Waals surface area contributed by atoms with Crippen LogP contribution in [0.3, 0.4) is 0 Å². The number of nitrogens with zero attached hydrogens (tertiary/aromatic N) is 2. The first-order chi connectivity index (χ1) is 8.15. The Morgan fingerprint density at radius 3 is 3.00 bits per heavy atom. The summed E-state index contributed by atoms with van der Waals surface area (Å²) in [5.74, 6) is 0.951. The highest BCUT2D eigenvalue weighted by atomic mass is 16.5. The highest BCUT2D eigenvalue weighted by Gasteiger charge is 2.30. The van der Waals surface area contributed by atoms with Crippen molar-refractivity contribution < 1.29 is 14.1 Å². The summed E-state index contributed by atoms with van der Waals surface area (Å²) < 4.78 is 7.77. The molecule has 92 valence electrons. The fourth-order valence-electron chi connectivity index (χ4n) is 2.06. The van der Waals surface area contributed by atoms with Gasteiger partial charge in [-0.05, 0) is 19.9 Å². The fourth-order valence-corrected chi connectivity index (χ4v) is 2.06. The molecule has 1 aromatic heterocycles. The van der Waals surface area contributed by atoms with Gasteiger partial charge in [-0.15, -0.1) is 0 Å². The molecule has 1 amide bonds. The third kappa shape index (κ3) is 2.12.